The average Bonchev–Trinajstić information content (AvgIpc) is 2.33. The quantitative estimate of drug-likeness (QED) is 0.889. The first-order valence-corrected chi connectivity index (χ1v) is 5.90. The molecule has 1 amide bonds. The summed E-state index contributed by atoms with van der Waals surface area (Å²) >= 11 is 0. The normalized spacial score (nSPS) is 10.3. The van der Waals surface area contributed by atoms with Gasteiger partial charge in [-0.1, -0.05) is 18.2 Å². The van der Waals surface area contributed by atoms with Gasteiger partial charge in [0.25, 0.3) is 5.91 Å². The molecule has 0 aliphatic rings. The van der Waals surface area contributed by atoms with Crippen LogP contribution in [0.15, 0.2) is 35.3 Å². The Kier molecular flexibility index (Phi) is 3.46. The van der Waals surface area contributed by atoms with Crippen LogP contribution in [0.1, 0.15) is 21.5 Å². The van der Waals surface area contributed by atoms with Crippen molar-refractivity contribution < 1.29 is 4.79 Å². The fourth-order valence-corrected chi connectivity index (χ4v) is 1.89. The lowest BCUT2D eigenvalue weighted by molar-refractivity contribution is 0.102. The second-order valence-corrected chi connectivity index (χ2v) is 4.43. The third-order valence-electron chi connectivity index (χ3n) is 2.92. The Morgan fingerprint density at radius 2 is 1.84 bits per heavy atom. The van der Waals surface area contributed by atoms with E-state index < -0.39 is 5.69 Å². The van der Waals surface area contributed by atoms with Crippen LogP contribution < -0.4 is 11.0 Å². The second kappa shape index (κ2) is 5.06. The summed E-state index contributed by atoms with van der Waals surface area (Å²) in [5.74, 6) is 0.00658. The van der Waals surface area contributed by atoms with Crippen LogP contribution in [0, 0.1) is 13.8 Å². The van der Waals surface area contributed by atoms with Crippen molar-refractivity contribution in [3.63, 3.8) is 0 Å². The zero-order valence-corrected chi connectivity index (χ0v) is 11.1. The molecule has 0 radical (unpaired) electrons. The maximum absolute atomic E-state index is 12.2. The average molecular weight is 257 g/mol. The summed E-state index contributed by atoms with van der Waals surface area (Å²) in [5.41, 5.74) is 1.99. The third-order valence-corrected chi connectivity index (χ3v) is 2.92. The van der Waals surface area contributed by atoms with Gasteiger partial charge in [0.1, 0.15) is 5.82 Å². The molecule has 0 spiro atoms. The van der Waals surface area contributed by atoms with E-state index in [0.29, 0.717) is 5.56 Å². The van der Waals surface area contributed by atoms with Gasteiger partial charge in [-0.25, -0.2) is 4.79 Å². The minimum atomic E-state index is -0.403. The van der Waals surface area contributed by atoms with Crippen molar-refractivity contribution in [2.45, 2.75) is 13.8 Å². The summed E-state index contributed by atoms with van der Waals surface area (Å²) in [6.07, 6.45) is 1.57. The molecule has 19 heavy (non-hydrogen) atoms. The van der Waals surface area contributed by atoms with Crippen LogP contribution in [0.3, 0.4) is 0 Å². The summed E-state index contributed by atoms with van der Waals surface area (Å²) in [6.45, 7) is 3.75. The second-order valence-electron chi connectivity index (χ2n) is 4.43. The van der Waals surface area contributed by atoms with Crippen molar-refractivity contribution in [1.82, 2.24) is 9.55 Å². The lowest BCUT2D eigenvalue weighted by atomic mass is 10.0. The number of nitrogens with zero attached hydrogens (tertiary/aromatic N) is 2. The Morgan fingerprint density at radius 1 is 1.21 bits per heavy atom. The third kappa shape index (κ3) is 2.70. The van der Waals surface area contributed by atoms with Crippen LogP contribution in [-0.4, -0.2) is 15.5 Å². The zero-order valence-electron chi connectivity index (χ0n) is 11.1. The van der Waals surface area contributed by atoms with E-state index in [1.807, 2.05) is 32.0 Å². The molecule has 1 aromatic carbocycles. The number of aryl methyl sites for hydroxylation is 3. The number of hydrogen-bond donors (Lipinski definition) is 1. The van der Waals surface area contributed by atoms with Crippen LogP contribution >= 0.6 is 0 Å². The summed E-state index contributed by atoms with van der Waals surface area (Å²) in [4.78, 5) is 27.4. The van der Waals surface area contributed by atoms with Crippen molar-refractivity contribution in [2.75, 3.05) is 5.32 Å². The van der Waals surface area contributed by atoms with Gasteiger partial charge in [-0.2, -0.15) is 4.98 Å². The van der Waals surface area contributed by atoms with E-state index in [0.717, 1.165) is 11.1 Å². The maximum Gasteiger partial charge on any atom is 0.349 e. The number of rotatable bonds is 2. The van der Waals surface area contributed by atoms with Crippen molar-refractivity contribution in [1.29, 1.82) is 0 Å². The first-order valence-electron chi connectivity index (χ1n) is 5.90. The van der Waals surface area contributed by atoms with E-state index in [1.54, 1.807) is 19.3 Å². The monoisotopic (exact) mass is 257 g/mol. The SMILES string of the molecule is Cc1cccc(C)c1C(=O)Nc1ccn(C)c(=O)n1. The minimum absolute atomic E-state index is 0.253. The largest absolute Gasteiger partial charge is 0.349 e. The summed E-state index contributed by atoms with van der Waals surface area (Å²) in [6, 6.07) is 7.24. The van der Waals surface area contributed by atoms with E-state index in [1.165, 1.54) is 4.57 Å². The van der Waals surface area contributed by atoms with Crippen LogP contribution in [0.5, 0.6) is 0 Å². The molecule has 0 aliphatic carbocycles. The number of carbonyl (C=O) groups excluding carboxylic acids is 1. The van der Waals surface area contributed by atoms with Gasteiger partial charge in [-0.3, -0.25) is 4.79 Å². The van der Waals surface area contributed by atoms with Crippen LogP contribution in [0.25, 0.3) is 0 Å². The molecule has 5 nitrogen and oxygen atoms in total. The van der Waals surface area contributed by atoms with E-state index in [2.05, 4.69) is 10.3 Å². The maximum atomic E-state index is 12.2. The molecule has 0 aliphatic heterocycles. The van der Waals surface area contributed by atoms with Crippen molar-refractivity contribution in [3.05, 3.63) is 57.6 Å². The molecule has 2 aromatic rings. The highest BCUT2D eigenvalue weighted by atomic mass is 16.2. The first kappa shape index (κ1) is 13.0. The number of carbonyl (C=O) groups is 1. The van der Waals surface area contributed by atoms with E-state index in [4.69, 9.17) is 0 Å². The van der Waals surface area contributed by atoms with Gasteiger partial charge in [0.05, 0.1) is 0 Å². The standard InChI is InChI=1S/C14H15N3O2/c1-9-5-4-6-10(2)12(9)13(18)15-11-7-8-17(3)14(19)16-11/h4-8H,1-3H3,(H,15,16,18,19). The summed E-state index contributed by atoms with van der Waals surface area (Å²) < 4.78 is 1.34. The zero-order chi connectivity index (χ0) is 14.0. The molecule has 0 atom stereocenters. The summed E-state index contributed by atoms with van der Waals surface area (Å²) in [5, 5.41) is 2.64. The lowest BCUT2D eigenvalue weighted by Crippen LogP contribution is -2.23. The highest BCUT2D eigenvalue weighted by Crippen LogP contribution is 2.14. The number of hydrogen-bond acceptors (Lipinski definition) is 3. The molecule has 5 heteroatoms. The van der Waals surface area contributed by atoms with Crippen molar-refractivity contribution in [2.24, 2.45) is 7.05 Å². The molecule has 2 rings (SSSR count). The Balaban J connectivity index is 2.31. The minimum Gasteiger partial charge on any atom is -0.306 e. The molecule has 0 bridgehead atoms. The predicted molar refractivity (Wildman–Crippen MR) is 73.3 cm³/mol. The van der Waals surface area contributed by atoms with Gasteiger partial charge in [0.2, 0.25) is 0 Å². The van der Waals surface area contributed by atoms with E-state index in [-0.39, 0.29) is 11.7 Å². The van der Waals surface area contributed by atoms with Gasteiger partial charge in [-0.15, -0.1) is 0 Å². The predicted octanol–water partition coefficient (Wildman–Crippen LogP) is 1.65. The highest BCUT2D eigenvalue weighted by molar-refractivity contribution is 6.05. The molecule has 0 fully saturated rings. The molecule has 0 unspecified atom stereocenters. The number of nitrogens with one attached hydrogen (secondary N) is 1. The Hall–Kier alpha value is -2.43. The van der Waals surface area contributed by atoms with Gasteiger partial charge < -0.3 is 9.88 Å². The topological polar surface area (TPSA) is 64.0 Å². The van der Waals surface area contributed by atoms with Gasteiger partial charge >= 0.3 is 5.69 Å². The van der Waals surface area contributed by atoms with Crippen LogP contribution in [0.4, 0.5) is 5.82 Å². The Labute approximate surface area is 110 Å². The molecule has 1 heterocycles. The fraction of sp³-hybridized carbons (Fsp3) is 0.214. The smallest absolute Gasteiger partial charge is 0.306 e. The molecular formula is C14H15N3O2. The number of benzene rings is 1. The van der Waals surface area contributed by atoms with Crippen LogP contribution in [0.2, 0.25) is 0 Å². The Bertz CT molecular complexity index is 669. The number of amides is 1. The van der Waals surface area contributed by atoms with E-state index in [9.17, 15) is 9.59 Å². The lowest BCUT2D eigenvalue weighted by Gasteiger charge is -2.09. The highest BCUT2D eigenvalue weighted by Gasteiger charge is 2.12. The van der Waals surface area contributed by atoms with Crippen molar-refractivity contribution >= 4 is 11.7 Å². The molecule has 0 saturated heterocycles. The number of aromatic nitrogens is 2. The van der Waals surface area contributed by atoms with Gasteiger partial charge in [0, 0.05) is 18.8 Å². The summed E-state index contributed by atoms with van der Waals surface area (Å²) in [7, 11) is 1.60. The number of anilines is 1. The molecule has 98 valence electrons. The molecule has 0 saturated carbocycles. The molecule has 1 N–H and O–H groups in total. The van der Waals surface area contributed by atoms with Crippen molar-refractivity contribution in [3.8, 4) is 0 Å². The first-order chi connectivity index (χ1) is 8.99. The molecular weight excluding hydrogens is 242 g/mol. The molecule has 1 aromatic heterocycles. The van der Waals surface area contributed by atoms with Crippen LogP contribution in [-0.2, 0) is 7.05 Å². The fourth-order valence-electron chi connectivity index (χ4n) is 1.89. The Morgan fingerprint density at radius 3 is 2.42 bits per heavy atom. The van der Waals surface area contributed by atoms with E-state index >= 15 is 0 Å². The van der Waals surface area contributed by atoms with Gasteiger partial charge in [-0.05, 0) is 31.0 Å². The van der Waals surface area contributed by atoms with Gasteiger partial charge in [0.15, 0.2) is 0 Å².